The van der Waals surface area contributed by atoms with E-state index in [9.17, 15) is 4.79 Å². The van der Waals surface area contributed by atoms with E-state index in [2.05, 4.69) is 63.9 Å². The second-order valence-corrected chi connectivity index (χ2v) is 9.45. The molecule has 1 fully saturated rings. The van der Waals surface area contributed by atoms with Crippen LogP contribution in [0.1, 0.15) is 32.7 Å². The highest BCUT2D eigenvalue weighted by atomic mass is 127. The Hall–Kier alpha value is -2.05. The maximum absolute atomic E-state index is 11.1. The molecular weight excluding hydrogens is 509 g/mol. The van der Waals surface area contributed by atoms with Gasteiger partial charge in [-0.25, -0.2) is 4.79 Å². The van der Waals surface area contributed by atoms with Crippen LogP contribution in [0.2, 0.25) is 5.02 Å². The predicted octanol–water partition coefficient (Wildman–Crippen LogP) is 7.10. The normalized spacial score (nSPS) is 15.7. The van der Waals surface area contributed by atoms with Crippen molar-refractivity contribution in [1.29, 1.82) is 0 Å². The van der Waals surface area contributed by atoms with Crippen molar-refractivity contribution < 1.29 is 9.90 Å². The summed E-state index contributed by atoms with van der Waals surface area (Å²) in [5.41, 5.74) is 5.29. The molecule has 1 N–H and O–H groups in total. The topological polar surface area (TPSA) is 40.5 Å². The molecule has 0 amide bonds. The van der Waals surface area contributed by atoms with Gasteiger partial charge in [0.1, 0.15) is 0 Å². The van der Waals surface area contributed by atoms with E-state index >= 15 is 0 Å². The summed E-state index contributed by atoms with van der Waals surface area (Å²) in [7, 11) is 0. The molecule has 30 heavy (non-hydrogen) atoms. The van der Waals surface area contributed by atoms with Gasteiger partial charge in [0.25, 0.3) is 0 Å². The summed E-state index contributed by atoms with van der Waals surface area (Å²) in [6.45, 7) is 1.97. The van der Waals surface area contributed by atoms with Crippen LogP contribution in [0.4, 0.5) is 5.69 Å². The van der Waals surface area contributed by atoms with Gasteiger partial charge in [-0.15, -0.1) is 0 Å². The minimum absolute atomic E-state index is 0.333. The van der Waals surface area contributed by atoms with Crippen LogP contribution < -0.4 is 4.90 Å². The van der Waals surface area contributed by atoms with Crippen molar-refractivity contribution in [3.63, 3.8) is 0 Å². The molecule has 0 aromatic heterocycles. The summed E-state index contributed by atoms with van der Waals surface area (Å²) in [6.07, 6.45) is 2.23. The zero-order valence-electron chi connectivity index (χ0n) is 16.5. The highest BCUT2D eigenvalue weighted by molar-refractivity contribution is 14.1. The maximum Gasteiger partial charge on any atom is 0.335 e. The van der Waals surface area contributed by atoms with Gasteiger partial charge >= 0.3 is 5.97 Å². The Kier molecular flexibility index (Phi) is 6.64. The molecule has 0 bridgehead atoms. The summed E-state index contributed by atoms with van der Waals surface area (Å²) in [5, 5.41) is 9.84. The maximum atomic E-state index is 11.1. The number of anilines is 1. The Balaban J connectivity index is 1.46. The summed E-state index contributed by atoms with van der Waals surface area (Å²) < 4.78 is 0.436. The molecule has 0 aliphatic carbocycles. The highest BCUT2D eigenvalue weighted by Gasteiger charge is 2.27. The molecule has 1 atom stereocenters. The molecule has 1 aliphatic heterocycles. The van der Waals surface area contributed by atoms with Crippen LogP contribution in [0.5, 0.6) is 0 Å². The number of hydrogen-bond acceptors (Lipinski definition) is 2. The van der Waals surface area contributed by atoms with Crippen LogP contribution in [0.3, 0.4) is 0 Å². The number of carboxylic acid groups (broad SMARTS) is 1. The number of rotatable bonds is 5. The number of piperidine rings is 1. The zero-order valence-corrected chi connectivity index (χ0v) is 19.4. The van der Waals surface area contributed by atoms with E-state index in [4.69, 9.17) is 16.7 Å². The first kappa shape index (κ1) is 21.2. The van der Waals surface area contributed by atoms with Gasteiger partial charge in [0.15, 0.2) is 0 Å². The van der Waals surface area contributed by atoms with Crippen molar-refractivity contribution in [2.45, 2.75) is 16.8 Å². The number of carbonyl (C=O) groups is 1. The van der Waals surface area contributed by atoms with E-state index in [1.165, 1.54) is 16.7 Å². The van der Waals surface area contributed by atoms with Crippen LogP contribution in [0.25, 0.3) is 11.1 Å². The van der Waals surface area contributed by atoms with Crippen molar-refractivity contribution in [3.05, 3.63) is 88.9 Å². The average molecular weight is 532 g/mol. The third kappa shape index (κ3) is 4.65. The van der Waals surface area contributed by atoms with Gasteiger partial charge in [-0.2, -0.15) is 0 Å². The minimum atomic E-state index is -0.882. The summed E-state index contributed by atoms with van der Waals surface area (Å²) in [5.74, 6) is -0.277. The van der Waals surface area contributed by atoms with Gasteiger partial charge in [-0.3, -0.25) is 0 Å². The fourth-order valence-electron chi connectivity index (χ4n) is 4.15. The fraction of sp³-hybridized carbons (Fsp3) is 0.240. The van der Waals surface area contributed by atoms with Gasteiger partial charge < -0.3 is 10.0 Å². The summed E-state index contributed by atoms with van der Waals surface area (Å²) >= 11 is 8.69. The molecule has 0 unspecified atom stereocenters. The van der Waals surface area contributed by atoms with E-state index in [0.717, 1.165) is 36.6 Å². The molecule has 0 saturated carbocycles. The van der Waals surface area contributed by atoms with Gasteiger partial charge in [-0.1, -0.05) is 70.6 Å². The molecule has 4 rings (SSSR count). The van der Waals surface area contributed by atoms with Gasteiger partial charge in [0.05, 0.1) is 5.56 Å². The average Bonchev–Trinajstić information content (AvgIpc) is 2.79. The smallest absolute Gasteiger partial charge is 0.335 e. The lowest BCUT2D eigenvalue weighted by Gasteiger charge is -2.36. The fourth-order valence-corrected chi connectivity index (χ4v) is 5.54. The number of halogens is 2. The lowest BCUT2D eigenvalue weighted by Crippen LogP contribution is -2.34. The quantitative estimate of drug-likeness (QED) is 0.282. The van der Waals surface area contributed by atoms with Crippen LogP contribution in [0, 0.1) is 5.92 Å². The standard InChI is InChI=1S/C25H23ClINO2/c26-20-9-5-17(6-10-20)22-3-1-2-4-23(22)24(27)18-13-15-28(16-14-18)21-11-7-19(8-12-21)25(29)30/h1-12,18,24H,13-16H2,(H,29,30)/t24-/m1/s1. The first-order valence-corrected chi connectivity index (χ1v) is 11.7. The monoisotopic (exact) mass is 531 g/mol. The second kappa shape index (κ2) is 9.40. The lowest BCUT2D eigenvalue weighted by molar-refractivity contribution is 0.0697. The van der Waals surface area contributed by atoms with Crippen molar-refractivity contribution in [2.75, 3.05) is 18.0 Å². The van der Waals surface area contributed by atoms with Gasteiger partial charge in [0.2, 0.25) is 0 Å². The number of aromatic carboxylic acids is 1. The van der Waals surface area contributed by atoms with E-state index < -0.39 is 5.97 Å². The molecule has 5 heteroatoms. The molecule has 154 valence electrons. The van der Waals surface area contributed by atoms with Gasteiger partial charge in [0, 0.05) is 27.7 Å². The first-order valence-electron chi connectivity index (χ1n) is 10.1. The number of nitrogens with zero attached hydrogens (tertiary/aromatic N) is 1. The SMILES string of the molecule is O=C(O)c1ccc(N2CCC([C@@H](I)c3ccccc3-c3ccc(Cl)cc3)CC2)cc1. The van der Waals surface area contributed by atoms with Crippen molar-refractivity contribution in [2.24, 2.45) is 5.92 Å². The zero-order chi connectivity index (χ0) is 21.1. The molecule has 1 saturated heterocycles. The predicted molar refractivity (Wildman–Crippen MR) is 132 cm³/mol. The summed E-state index contributed by atoms with van der Waals surface area (Å²) in [4.78, 5) is 13.4. The Morgan fingerprint density at radius 2 is 1.60 bits per heavy atom. The van der Waals surface area contributed by atoms with Gasteiger partial charge in [-0.05, 0) is 71.8 Å². The third-order valence-corrected chi connectivity index (χ3v) is 7.79. The molecular formula is C25H23ClINO2. The molecule has 3 aromatic carbocycles. The Labute approximate surface area is 195 Å². The van der Waals surface area contributed by atoms with Crippen molar-refractivity contribution in [3.8, 4) is 11.1 Å². The summed E-state index contributed by atoms with van der Waals surface area (Å²) in [6, 6.07) is 24.0. The van der Waals surface area contributed by atoms with E-state index in [0.29, 0.717) is 15.4 Å². The van der Waals surface area contributed by atoms with Crippen LogP contribution in [-0.2, 0) is 0 Å². The third-order valence-electron chi connectivity index (χ3n) is 5.85. The number of benzene rings is 3. The highest BCUT2D eigenvalue weighted by Crippen LogP contribution is 2.42. The molecule has 0 spiro atoms. The van der Waals surface area contributed by atoms with E-state index in [1.54, 1.807) is 12.1 Å². The van der Waals surface area contributed by atoms with E-state index in [-0.39, 0.29) is 0 Å². The Morgan fingerprint density at radius 3 is 2.23 bits per heavy atom. The van der Waals surface area contributed by atoms with Crippen molar-refractivity contribution >= 4 is 45.8 Å². The van der Waals surface area contributed by atoms with E-state index in [1.807, 2.05) is 24.3 Å². The number of carboxylic acids is 1. The largest absolute Gasteiger partial charge is 0.478 e. The van der Waals surface area contributed by atoms with Crippen LogP contribution >= 0.6 is 34.2 Å². The molecule has 0 radical (unpaired) electrons. The number of alkyl halides is 1. The molecule has 3 aromatic rings. The molecule has 3 nitrogen and oxygen atoms in total. The molecule has 1 heterocycles. The Morgan fingerprint density at radius 1 is 0.967 bits per heavy atom. The number of hydrogen-bond donors (Lipinski definition) is 1. The molecule has 1 aliphatic rings. The van der Waals surface area contributed by atoms with Crippen molar-refractivity contribution in [1.82, 2.24) is 0 Å². The van der Waals surface area contributed by atoms with Crippen LogP contribution in [-0.4, -0.2) is 24.2 Å². The Bertz CT molecular complexity index is 1010. The lowest BCUT2D eigenvalue weighted by atomic mass is 9.86. The van der Waals surface area contributed by atoms with Crippen LogP contribution in [0.15, 0.2) is 72.8 Å². The first-order chi connectivity index (χ1) is 14.5. The second-order valence-electron chi connectivity index (χ2n) is 7.67. The minimum Gasteiger partial charge on any atom is -0.478 e.